The van der Waals surface area contributed by atoms with Gasteiger partial charge in [0.05, 0.1) is 12.1 Å². The van der Waals surface area contributed by atoms with Crippen molar-refractivity contribution in [2.75, 3.05) is 32.7 Å². The van der Waals surface area contributed by atoms with E-state index in [-0.39, 0.29) is 18.4 Å². The average Bonchev–Trinajstić information content (AvgIpc) is 3.08. The van der Waals surface area contributed by atoms with Crippen molar-refractivity contribution in [3.8, 4) is 0 Å². The molecule has 0 spiro atoms. The zero-order chi connectivity index (χ0) is 20.9. The minimum atomic E-state index is -0.529. The maximum atomic E-state index is 12.7. The third kappa shape index (κ3) is 4.60. The molecule has 1 aliphatic rings. The molecule has 0 saturated carbocycles. The van der Waals surface area contributed by atoms with Crippen molar-refractivity contribution in [2.24, 2.45) is 0 Å². The Balaban J connectivity index is 1.26. The summed E-state index contributed by atoms with van der Waals surface area (Å²) in [6.07, 6.45) is 0. The van der Waals surface area contributed by atoms with Crippen LogP contribution in [0.5, 0.6) is 0 Å². The van der Waals surface area contributed by atoms with Gasteiger partial charge in [-0.05, 0) is 17.7 Å². The molecule has 8 nitrogen and oxygen atoms in total. The number of benzene rings is 2. The second-order valence-electron chi connectivity index (χ2n) is 7.34. The van der Waals surface area contributed by atoms with Gasteiger partial charge in [-0.25, -0.2) is 4.79 Å². The fourth-order valence-electron chi connectivity index (χ4n) is 3.61. The molecule has 3 aromatic rings. The molecule has 0 atom stereocenters. The van der Waals surface area contributed by atoms with E-state index >= 15 is 0 Å². The van der Waals surface area contributed by atoms with Crippen LogP contribution < -0.4 is 11.1 Å². The highest BCUT2D eigenvalue weighted by atomic mass is 16.4. The molecule has 8 heteroatoms. The van der Waals surface area contributed by atoms with E-state index in [2.05, 4.69) is 5.32 Å². The maximum absolute atomic E-state index is 12.7. The van der Waals surface area contributed by atoms with Gasteiger partial charge in [0.15, 0.2) is 5.58 Å². The minimum Gasteiger partial charge on any atom is -0.408 e. The highest BCUT2D eigenvalue weighted by molar-refractivity contribution is 5.80. The van der Waals surface area contributed by atoms with Crippen LogP contribution in [0.4, 0.5) is 0 Å². The van der Waals surface area contributed by atoms with Gasteiger partial charge in [0, 0.05) is 32.7 Å². The number of hydrogen-bond acceptors (Lipinski definition) is 5. The zero-order valence-electron chi connectivity index (χ0n) is 16.6. The van der Waals surface area contributed by atoms with E-state index in [0.29, 0.717) is 50.4 Å². The SMILES string of the molecule is O=C(CN1CCN(C(=O)Cn2c(=O)oc3ccccc32)CC1)NCc1ccccc1. The summed E-state index contributed by atoms with van der Waals surface area (Å²) in [5.41, 5.74) is 2.15. The van der Waals surface area contributed by atoms with Gasteiger partial charge in [-0.15, -0.1) is 0 Å². The number of amides is 2. The lowest BCUT2D eigenvalue weighted by atomic mass is 10.2. The van der Waals surface area contributed by atoms with Gasteiger partial charge in [0.25, 0.3) is 0 Å². The Labute approximate surface area is 173 Å². The summed E-state index contributed by atoms with van der Waals surface area (Å²) < 4.78 is 6.55. The van der Waals surface area contributed by atoms with Crippen LogP contribution >= 0.6 is 0 Å². The van der Waals surface area contributed by atoms with Crippen molar-refractivity contribution in [1.29, 1.82) is 0 Å². The van der Waals surface area contributed by atoms with Crippen LogP contribution in [0.2, 0.25) is 0 Å². The number of nitrogens with zero attached hydrogens (tertiary/aromatic N) is 3. The predicted octanol–water partition coefficient (Wildman–Crippen LogP) is 1.06. The van der Waals surface area contributed by atoms with Gasteiger partial charge in [-0.2, -0.15) is 0 Å². The molecule has 0 radical (unpaired) electrons. The van der Waals surface area contributed by atoms with Gasteiger partial charge in [-0.1, -0.05) is 42.5 Å². The smallest absolute Gasteiger partial charge is 0.408 e. The third-order valence-corrected chi connectivity index (χ3v) is 5.29. The second-order valence-corrected chi connectivity index (χ2v) is 7.34. The Morgan fingerprint density at radius 1 is 0.900 bits per heavy atom. The molecule has 30 heavy (non-hydrogen) atoms. The lowest BCUT2D eigenvalue weighted by Crippen LogP contribution is -2.51. The molecule has 0 aliphatic carbocycles. The van der Waals surface area contributed by atoms with Crippen LogP contribution in [0.3, 0.4) is 0 Å². The van der Waals surface area contributed by atoms with Crippen molar-refractivity contribution in [3.05, 3.63) is 70.7 Å². The van der Waals surface area contributed by atoms with Crippen molar-refractivity contribution >= 4 is 22.9 Å². The molecule has 2 heterocycles. The summed E-state index contributed by atoms with van der Waals surface area (Å²) in [6, 6.07) is 16.8. The second kappa shape index (κ2) is 8.96. The van der Waals surface area contributed by atoms with Gasteiger partial charge in [0.1, 0.15) is 6.54 Å². The van der Waals surface area contributed by atoms with Crippen LogP contribution in [0.25, 0.3) is 11.1 Å². The van der Waals surface area contributed by atoms with Gasteiger partial charge >= 0.3 is 5.76 Å². The highest BCUT2D eigenvalue weighted by Crippen LogP contribution is 2.12. The Morgan fingerprint density at radius 2 is 1.60 bits per heavy atom. The number of nitrogens with one attached hydrogen (secondary N) is 1. The van der Waals surface area contributed by atoms with Crippen molar-refractivity contribution in [2.45, 2.75) is 13.1 Å². The van der Waals surface area contributed by atoms with E-state index in [1.807, 2.05) is 35.2 Å². The van der Waals surface area contributed by atoms with E-state index in [1.54, 1.807) is 29.2 Å². The van der Waals surface area contributed by atoms with Gasteiger partial charge in [-0.3, -0.25) is 19.1 Å². The quantitative estimate of drug-likeness (QED) is 0.659. The first-order chi connectivity index (χ1) is 14.6. The Morgan fingerprint density at radius 3 is 2.37 bits per heavy atom. The maximum Gasteiger partial charge on any atom is 0.420 e. The number of oxazole rings is 1. The standard InChI is InChI=1S/C22H24N4O4/c27-20(23-14-17-6-2-1-3-7-17)15-24-10-12-25(13-11-24)21(28)16-26-18-8-4-5-9-19(18)30-22(26)29/h1-9H,10-16H2,(H,23,27). The number of piperazine rings is 1. The van der Waals surface area contributed by atoms with Crippen molar-refractivity contribution in [1.82, 2.24) is 19.7 Å². The first-order valence-electron chi connectivity index (χ1n) is 9.99. The molecule has 1 aliphatic heterocycles. The molecule has 2 aromatic carbocycles. The summed E-state index contributed by atoms with van der Waals surface area (Å²) in [5, 5.41) is 2.92. The minimum absolute atomic E-state index is 0.0324. The van der Waals surface area contributed by atoms with Gasteiger partial charge in [0.2, 0.25) is 11.8 Å². The molecule has 0 unspecified atom stereocenters. The van der Waals surface area contributed by atoms with Crippen LogP contribution in [0.1, 0.15) is 5.56 Å². The lowest BCUT2D eigenvalue weighted by molar-refractivity contribution is -0.133. The van der Waals surface area contributed by atoms with E-state index in [9.17, 15) is 14.4 Å². The number of para-hydroxylation sites is 2. The zero-order valence-corrected chi connectivity index (χ0v) is 16.6. The number of aromatic nitrogens is 1. The number of fused-ring (bicyclic) bond motifs is 1. The van der Waals surface area contributed by atoms with E-state index in [0.717, 1.165) is 5.56 Å². The van der Waals surface area contributed by atoms with Crippen LogP contribution in [-0.4, -0.2) is 58.9 Å². The fraction of sp³-hybridized carbons (Fsp3) is 0.318. The van der Waals surface area contributed by atoms with E-state index in [4.69, 9.17) is 4.42 Å². The first kappa shape index (κ1) is 19.9. The van der Waals surface area contributed by atoms with Crippen LogP contribution in [0.15, 0.2) is 63.8 Å². The molecule has 2 amide bonds. The Kier molecular flexibility index (Phi) is 5.94. The molecule has 156 valence electrons. The summed E-state index contributed by atoms with van der Waals surface area (Å²) in [5.74, 6) is -0.690. The molecule has 4 rings (SSSR count). The number of hydrogen-bond donors (Lipinski definition) is 1. The Hall–Kier alpha value is -3.39. The molecule has 1 N–H and O–H groups in total. The van der Waals surface area contributed by atoms with Crippen molar-refractivity contribution < 1.29 is 14.0 Å². The predicted molar refractivity (Wildman–Crippen MR) is 112 cm³/mol. The molecule has 1 fully saturated rings. The van der Waals surface area contributed by atoms with E-state index in [1.165, 1.54) is 4.57 Å². The Bertz CT molecular complexity index is 1080. The van der Waals surface area contributed by atoms with Crippen LogP contribution in [0, 0.1) is 0 Å². The lowest BCUT2D eigenvalue weighted by Gasteiger charge is -2.34. The largest absolute Gasteiger partial charge is 0.420 e. The van der Waals surface area contributed by atoms with Crippen molar-refractivity contribution in [3.63, 3.8) is 0 Å². The molecular formula is C22H24N4O4. The summed E-state index contributed by atoms with van der Waals surface area (Å²) in [7, 11) is 0. The fourth-order valence-corrected chi connectivity index (χ4v) is 3.61. The molecule has 0 bridgehead atoms. The average molecular weight is 408 g/mol. The summed E-state index contributed by atoms with van der Waals surface area (Å²) >= 11 is 0. The van der Waals surface area contributed by atoms with E-state index < -0.39 is 5.76 Å². The molecule has 1 saturated heterocycles. The molecule has 1 aromatic heterocycles. The monoisotopic (exact) mass is 408 g/mol. The topological polar surface area (TPSA) is 87.8 Å². The van der Waals surface area contributed by atoms with Gasteiger partial charge < -0.3 is 14.6 Å². The highest BCUT2D eigenvalue weighted by Gasteiger charge is 2.23. The third-order valence-electron chi connectivity index (χ3n) is 5.29. The molecular weight excluding hydrogens is 384 g/mol. The summed E-state index contributed by atoms with van der Waals surface area (Å²) in [4.78, 5) is 40.7. The number of carbonyl (C=O) groups is 2. The number of rotatable bonds is 6. The first-order valence-corrected chi connectivity index (χ1v) is 9.99. The summed E-state index contributed by atoms with van der Waals surface area (Å²) in [6.45, 7) is 3.04. The normalized spacial score (nSPS) is 14.7. The number of carbonyl (C=O) groups excluding carboxylic acids is 2. The van der Waals surface area contributed by atoms with Crippen LogP contribution in [-0.2, 0) is 22.7 Å².